The summed E-state index contributed by atoms with van der Waals surface area (Å²) in [6, 6.07) is 5.12. The Morgan fingerprint density at radius 1 is 0.935 bits per heavy atom. The first-order chi connectivity index (χ1) is 21.7. The molecule has 0 saturated carbocycles. The van der Waals surface area contributed by atoms with E-state index in [4.69, 9.17) is 14.2 Å². The van der Waals surface area contributed by atoms with Crippen molar-refractivity contribution in [3.8, 4) is 5.75 Å². The second kappa shape index (κ2) is 16.6. The second-order valence-corrected chi connectivity index (χ2v) is 12.4. The molecule has 254 valence electrons. The van der Waals surface area contributed by atoms with E-state index < -0.39 is 48.1 Å². The minimum Gasteiger partial charge on any atom is -0.479 e. The molecule has 2 aliphatic rings. The number of aliphatic hydroxyl groups is 3. The monoisotopic (exact) mass is 648 g/mol. The van der Waals surface area contributed by atoms with E-state index in [1.165, 1.54) is 17.1 Å². The van der Waals surface area contributed by atoms with Crippen molar-refractivity contribution >= 4 is 29.7 Å². The lowest BCUT2D eigenvalue weighted by molar-refractivity contribution is -0.271. The normalized spacial score (nSPS) is 23.0. The number of carboxylic acid groups (broad SMARTS) is 1. The Morgan fingerprint density at radius 3 is 2.28 bits per heavy atom. The number of rotatable bonds is 16. The van der Waals surface area contributed by atoms with Crippen molar-refractivity contribution in [2.24, 2.45) is 5.41 Å². The van der Waals surface area contributed by atoms with Crippen molar-refractivity contribution in [3.63, 3.8) is 0 Å². The number of hydrogen-bond acceptors (Lipinski definition) is 11. The van der Waals surface area contributed by atoms with E-state index in [2.05, 4.69) is 5.32 Å². The van der Waals surface area contributed by atoms with E-state index in [9.17, 15) is 44.4 Å². The molecule has 3 rings (SSSR count). The Balaban J connectivity index is 1.50. The predicted octanol–water partition coefficient (Wildman–Crippen LogP) is 0.971. The van der Waals surface area contributed by atoms with Crippen LogP contribution in [0.25, 0.3) is 0 Å². The number of aryl methyl sites for hydroxylation is 1. The van der Waals surface area contributed by atoms with E-state index in [1.807, 2.05) is 6.07 Å². The predicted molar refractivity (Wildman–Crippen MR) is 161 cm³/mol. The van der Waals surface area contributed by atoms with E-state index >= 15 is 0 Å². The molecule has 0 spiro atoms. The van der Waals surface area contributed by atoms with Crippen molar-refractivity contribution in [3.05, 3.63) is 41.5 Å². The van der Waals surface area contributed by atoms with Crippen molar-refractivity contribution in [1.82, 2.24) is 10.2 Å². The van der Waals surface area contributed by atoms with Crippen LogP contribution in [0.4, 0.5) is 0 Å². The summed E-state index contributed by atoms with van der Waals surface area (Å²) in [5.74, 6) is -2.57. The van der Waals surface area contributed by atoms with Gasteiger partial charge in [0.2, 0.25) is 12.2 Å². The van der Waals surface area contributed by atoms with Crippen molar-refractivity contribution in [2.75, 3.05) is 13.1 Å². The van der Waals surface area contributed by atoms with Gasteiger partial charge in [-0.05, 0) is 64.5 Å². The van der Waals surface area contributed by atoms with Crippen LogP contribution in [-0.4, -0.2) is 98.8 Å². The number of nitrogens with one attached hydrogen (secondary N) is 1. The lowest BCUT2D eigenvalue weighted by Gasteiger charge is -2.38. The van der Waals surface area contributed by atoms with E-state index in [0.29, 0.717) is 63.6 Å². The van der Waals surface area contributed by atoms with Gasteiger partial charge < -0.3 is 40.0 Å². The third-order valence-corrected chi connectivity index (χ3v) is 7.56. The van der Waals surface area contributed by atoms with Crippen LogP contribution in [0.5, 0.6) is 5.75 Å². The number of carboxylic acids is 1. The molecular formula is C32H44N2O12. The quantitative estimate of drug-likeness (QED) is 0.0965. The number of carbonyl (C=O) groups is 5. The van der Waals surface area contributed by atoms with Crippen LogP contribution in [0.1, 0.15) is 70.4 Å². The summed E-state index contributed by atoms with van der Waals surface area (Å²) >= 11 is 0. The highest BCUT2D eigenvalue weighted by Gasteiger charge is 2.48. The van der Waals surface area contributed by atoms with Crippen LogP contribution in [0.15, 0.2) is 30.4 Å². The second-order valence-electron chi connectivity index (χ2n) is 12.4. The minimum absolute atomic E-state index is 0.0853. The SMILES string of the molecule is CC(C)(C)C(=O)OCc1ccc(CCCCNC(=O)CCCCCN2C(=O)C=CC2=O)cc1O[C@@H]1O[C@@H](C(=O)O)[C@H](O)[C@@H](O)[C@@H]1O. The fourth-order valence-electron chi connectivity index (χ4n) is 4.77. The molecule has 0 radical (unpaired) electrons. The molecular weight excluding hydrogens is 604 g/mol. The summed E-state index contributed by atoms with van der Waals surface area (Å²) in [6.45, 7) is 5.72. The summed E-state index contributed by atoms with van der Waals surface area (Å²) in [6.07, 6.45) is -2.20. The first kappa shape index (κ1) is 36.6. The lowest BCUT2D eigenvalue weighted by Crippen LogP contribution is -2.61. The number of imide groups is 1. The maximum absolute atomic E-state index is 12.4. The molecule has 0 unspecified atom stereocenters. The zero-order chi connectivity index (χ0) is 34.0. The standard InChI is InChI=1S/C32H44N2O12/c1-32(2,3)31(43)44-18-20-12-11-19(17-21(20)45-30-27(40)25(38)26(39)28(46-30)29(41)42)9-6-7-15-33-22(35)10-5-4-8-16-34-23(36)13-14-24(34)37/h11-14,17,25-28,30,38-40H,4-10,15-16,18H2,1-3H3,(H,33,35)(H,41,42)/t25-,26-,27+,28-,30-/m1/s1. The van der Waals surface area contributed by atoms with Gasteiger partial charge in [0.15, 0.2) is 6.10 Å². The molecule has 14 heteroatoms. The molecule has 5 N–H and O–H groups in total. The van der Waals surface area contributed by atoms with Crippen molar-refractivity contribution in [2.45, 2.75) is 103 Å². The molecule has 3 amide bonds. The number of benzene rings is 1. The lowest BCUT2D eigenvalue weighted by atomic mass is 9.97. The van der Waals surface area contributed by atoms with Gasteiger partial charge in [-0.15, -0.1) is 0 Å². The summed E-state index contributed by atoms with van der Waals surface area (Å²) in [5, 5.41) is 42.9. The molecule has 46 heavy (non-hydrogen) atoms. The Kier molecular flexibility index (Phi) is 13.2. The highest BCUT2D eigenvalue weighted by Crippen LogP contribution is 2.29. The van der Waals surface area contributed by atoms with Gasteiger partial charge in [-0.25, -0.2) is 4.79 Å². The third-order valence-electron chi connectivity index (χ3n) is 7.56. The van der Waals surface area contributed by atoms with Gasteiger partial charge >= 0.3 is 11.9 Å². The number of hydrogen-bond donors (Lipinski definition) is 5. The molecule has 5 atom stereocenters. The Hall–Kier alpha value is -3.85. The molecule has 2 aliphatic heterocycles. The van der Waals surface area contributed by atoms with Gasteiger partial charge in [0.05, 0.1) is 5.41 Å². The number of unbranched alkanes of at least 4 members (excludes halogenated alkanes) is 3. The zero-order valence-electron chi connectivity index (χ0n) is 26.3. The summed E-state index contributed by atoms with van der Waals surface area (Å²) in [4.78, 5) is 60.4. The number of aliphatic hydroxyl groups excluding tert-OH is 3. The fourth-order valence-corrected chi connectivity index (χ4v) is 4.77. The van der Waals surface area contributed by atoms with Gasteiger partial charge in [-0.3, -0.25) is 24.1 Å². The average molecular weight is 649 g/mol. The topological polar surface area (TPSA) is 209 Å². The largest absolute Gasteiger partial charge is 0.479 e. The molecule has 1 aromatic rings. The van der Waals surface area contributed by atoms with E-state index in [-0.39, 0.29) is 30.1 Å². The van der Waals surface area contributed by atoms with Gasteiger partial charge in [-0.1, -0.05) is 18.6 Å². The maximum atomic E-state index is 12.4. The highest BCUT2D eigenvalue weighted by atomic mass is 16.7. The molecule has 1 fully saturated rings. The summed E-state index contributed by atoms with van der Waals surface area (Å²) < 4.78 is 16.5. The van der Waals surface area contributed by atoms with Crippen LogP contribution in [0.2, 0.25) is 0 Å². The number of carbonyl (C=O) groups excluding carboxylic acids is 4. The van der Waals surface area contributed by atoms with Crippen LogP contribution in [0, 0.1) is 5.41 Å². The number of nitrogens with zero attached hydrogens (tertiary/aromatic N) is 1. The summed E-state index contributed by atoms with van der Waals surface area (Å²) in [7, 11) is 0. The molecule has 0 aromatic heterocycles. The zero-order valence-corrected chi connectivity index (χ0v) is 26.3. The number of aliphatic carboxylic acids is 1. The Labute approximate surface area is 267 Å². The average Bonchev–Trinajstić information content (AvgIpc) is 3.31. The first-order valence-corrected chi connectivity index (χ1v) is 15.4. The van der Waals surface area contributed by atoms with Gasteiger partial charge in [0, 0.05) is 37.2 Å². The van der Waals surface area contributed by atoms with Gasteiger partial charge in [-0.2, -0.15) is 0 Å². The van der Waals surface area contributed by atoms with Crippen molar-refractivity contribution < 1.29 is 58.6 Å². The molecule has 0 aliphatic carbocycles. The van der Waals surface area contributed by atoms with E-state index in [1.54, 1.807) is 32.9 Å². The van der Waals surface area contributed by atoms with Crippen LogP contribution >= 0.6 is 0 Å². The fraction of sp³-hybridized carbons (Fsp3) is 0.594. The Bertz CT molecular complexity index is 1270. The highest BCUT2D eigenvalue weighted by molar-refractivity contribution is 6.12. The van der Waals surface area contributed by atoms with Crippen LogP contribution in [-0.2, 0) is 46.5 Å². The molecule has 14 nitrogen and oxygen atoms in total. The smallest absolute Gasteiger partial charge is 0.335 e. The van der Waals surface area contributed by atoms with Gasteiger partial charge in [0.1, 0.15) is 30.7 Å². The summed E-state index contributed by atoms with van der Waals surface area (Å²) in [5.41, 5.74) is 0.452. The molecule has 1 aromatic carbocycles. The Morgan fingerprint density at radius 2 is 1.63 bits per heavy atom. The molecule has 0 bridgehead atoms. The molecule has 2 heterocycles. The van der Waals surface area contributed by atoms with Crippen LogP contribution < -0.4 is 10.1 Å². The third kappa shape index (κ3) is 10.3. The van der Waals surface area contributed by atoms with Crippen molar-refractivity contribution in [1.29, 1.82) is 0 Å². The van der Waals surface area contributed by atoms with Crippen LogP contribution in [0.3, 0.4) is 0 Å². The molecule has 1 saturated heterocycles. The minimum atomic E-state index is -1.87. The maximum Gasteiger partial charge on any atom is 0.335 e. The number of esters is 1. The first-order valence-electron chi connectivity index (χ1n) is 15.4. The number of ether oxygens (including phenoxy) is 3. The number of amides is 3. The van der Waals surface area contributed by atoms with Gasteiger partial charge in [0.25, 0.3) is 11.8 Å². The van der Waals surface area contributed by atoms with E-state index in [0.717, 1.165) is 5.56 Å².